The molecule has 4 nitrogen and oxygen atoms in total. The molecule has 1 saturated carbocycles. The Morgan fingerprint density at radius 2 is 1.63 bits per heavy atom. The van der Waals surface area contributed by atoms with E-state index in [1.54, 1.807) is 24.3 Å². The molecule has 0 amide bonds. The summed E-state index contributed by atoms with van der Waals surface area (Å²) in [6, 6.07) is 12.5. The summed E-state index contributed by atoms with van der Waals surface area (Å²) in [5.41, 5.74) is 0.443. The lowest BCUT2D eigenvalue weighted by atomic mass is 9.81. The Morgan fingerprint density at radius 3 is 2.23 bits per heavy atom. The first kappa shape index (κ1) is 21.2. The molecule has 4 rings (SSSR count). The van der Waals surface area contributed by atoms with Crippen LogP contribution >= 0.6 is 0 Å². The monoisotopic (exact) mass is 434 g/mol. The van der Waals surface area contributed by atoms with Crippen molar-refractivity contribution in [3.63, 3.8) is 0 Å². The lowest BCUT2D eigenvalue weighted by Crippen LogP contribution is -2.48. The van der Waals surface area contributed by atoms with Crippen molar-refractivity contribution < 1.29 is 17.2 Å². The van der Waals surface area contributed by atoms with Gasteiger partial charge in [-0.3, -0.25) is 4.90 Å². The van der Waals surface area contributed by atoms with Gasteiger partial charge in [0.15, 0.2) is 9.84 Å². The lowest BCUT2D eigenvalue weighted by Gasteiger charge is -2.42. The van der Waals surface area contributed by atoms with E-state index in [0.29, 0.717) is 30.1 Å². The second-order valence-electron chi connectivity index (χ2n) is 8.38. The van der Waals surface area contributed by atoms with Crippen LogP contribution in [0.1, 0.15) is 32.1 Å². The fraction of sp³-hybridized carbons (Fsp3) is 0.478. The van der Waals surface area contributed by atoms with Crippen molar-refractivity contribution >= 4 is 15.5 Å². The molecule has 1 heterocycles. The number of nitrogens with zero attached hydrogens (tertiary/aromatic N) is 2. The van der Waals surface area contributed by atoms with Crippen molar-refractivity contribution in [3.8, 4) is 0 Å². The fourth-order valence-corrected chi connectivity index (χ4v) is 6.90. The molecule has 2 aromatic rings. The van der Waals surface area contributed by atoms with Crippen LogP contribution in [-0.2, 0) is 9.84 Å². The van der Waals surface area contributed by atoms with Gasteiger partial charge in [-0.25, -0.2) is 17.2 Å². The SMILES string of the molecule is O=S(=O)(c1ccccc1)C1(CCCN2CCN(c3ccc(F)cc3F)CC2)CCC1. The van der Waals surface area contributed by atoms with E-state index in [1.165, 1.54) is 12.1 Å². The maximum Gasteiger partial charge on any atom is 0.184 e. The van der Waals surface area contributed by atoms with Crippen LogP contribution in [0.25, 0.3) is 0 Å². The highest BCUT2D eigenvalue weighted by atomic mass is 32.2. The maximum atomic E-state index is 14.0. The summed E-state index contributed by atoms with van der Waals surface area (Å²) in [5, 5.41) is 0. The number of hydrogen-bond acceptors (Lipinski definition) is 4. The van der Waals surface area contributed by atoms with E-state index in [4.69, 9.17) is 0 Å². The van der Waals surface area contributed by atoms with Gasteiger partial charge in [0, 0.05) is 32.2 Å². The highest BCUT2D eigenvalue weighted by Crippen LogP contribution is 2.46. The smallest absolute Gasteiger partial charge is 0.184 e. The first-order valence-electron chi connectivity index (χ1n) is 10.6. The number of piperazine rings is 1. The van der Waals surface area contributed by atoms with Crippen LogP contribution in [0.15, 0.2) is 53.4 Å². The Hall–Kier alpha value is -1.99. The molecule has 30 heavy (non-hydrogen) atoms. The van der Waals surface area contributed by atoms with Crippen LogP contribution in [0.4, 0.5) is 14.5 Å². The number of rotatable bonds is 7. The molecule has 0 aromatic heterocycles. The van der Waals surface area contributed by atoms with Crippen molar-refractivity contribution in [1.29, 1.82) is 0 Å². The van der Waals surface area contributed by atoms with Gasteiger partial charge < -0.3 is 4.90 Å². The topological polar surface area (TPSA) is 40.6 Å². The van der Waals surface area contributed by atoms with Gasteiger partial charge in [0.1, 0.15) is 11.6 Å². The average molecular weight is 435 g/mol. The third-order valence-electron chi connectivity index (χ3n) is 6.62. The summed E-state index contributed by atoms with van der Waals surface area (Å²) in [6.07, 6.45) is 3.95. The van der Waals surface area contributed by atoms with Gasteiger partial charge in [0.05, 0.1) is 15.3 Å². The first-order valence-corrected chi connectivity index (χ1v) is 12.1. The summed E-state index contributed by atoms with van der Waals surface area (Å²) in [5.74, 6) is -1.09. The van der Waals surface area contributed by atoms with Crippen molar-refractivity contribution in [2.75, 3.05) is 37.6 Å². The molecule has 0 N–H and O–H groups in total. The predicted molar refractivity (Wildman–Crippen MR) is 114 cm³/mol. The zero-order valence-electron chi connectivity index (χ0n) is 17.1. The summed E-state index contributed by atoms with van der Waals surface area (Å²) < 4.78 is 52.9. The molecule has 0 spiro atoms. The molecule has 7 heteroatoms. The van der Waals surface area contributed by atoms with Crippen molar-refractivity contribution in [1.82, 2.24) is 4.90 Å². The molecule has 2 aliphatic rings. The van der Waals surface area contributed by atoms with Crippen LogP contribution < -0.4 is 4.90 Å². The zero-order chi connectivity index (χ0) is 21.2. The van der Waals surface area contributed by atoms with Crippen LogP contribution in [0.3, 0.4) is 0 Å². The van der Waals surface area contributed by atoms with Crippen LogP contribution in [0.5, 0.6) is 0 Å². The Labute approximate surface area is 177 Å². The van der Waals surface area contributed by atoms with Crippen molar-refractivity contribution in [2.45, 2.75) is 41.7 Å². The molecule has 1 saturated heterocycles. The van der Waals surface area contributed by atoms with Crippen molar-refractivity contribution in [3.05, 3.63) is 60.2 Å². The summed E-state index contributed by atoms with van der Waals surface area (Å²) in [4.78, 5) is 4.68. The normalized spacial score (nSPS) is 19.5. The number of benzene rings is 2. The second kappa shape index (κ2) is 8.63. The molecule has 1 aliphatic carbocycles. The molecule has 2 aromatic carbocycles. The number of anilines is 1. The van der Waals surface area contributed by atoms with Gasteiger partial charge in [-0.1, -0.05) is 24.6 Å². The summed E-state index contributed by atoms with van der Waals surface area (Å²) >= 11 is 0. The third-order valence-corrected chi connectivity index (χ3v) is 9.26. The molecule has 1 aliphatic heterocycles. The number of sulfone groups is 1. The minimum atomic E-state index is -3.32. The molecular weight excluding hydrogens is 406 g/mol. The van der Waals surface area contributed by atoms with Crippen LogP contribution in [-0.4, -0.2) is 50.8 Å². The van der Waals surface area contributed by atoms with Gasteiger partial charge >= 0.3 is 0 Å². The van der Waals surface area contributed by atoms with E-state index in [0.717, 1.165) is 51.4 Å². The second-order valence-corrected chi connectivity index (χ2v) is 10.7. The molecule has 0 unspecified atom stereocenters. The Morgan fingerprint density at radius 1 is 0.933 bits per heavy atom. The number of hydrogen-bond donors (Lipinski definition) is 0. The van der Waals surface area contributed by atoms with E-state index < -0.39 is 26.2 Å². The Balaban J connectivity index is 1.31. The fourth-order valence-electron chi connectivity index (χ4n) is 4.65. The largest absolute Gasteiger partial charge is 0.367 e. The molecule has 0 radical (unpaired) electrons. The first-order chi connectivity index (χ1) is 14.4. The van der Waals surface area contributed by atoms with Gasteiger partial charge in [-0.2, -0.15) is 0 Å². The Bertz CT molecular complexity index is 970. The third kappa shape index (κ3) is 4.10. The van der Waals surface area contributed by atoms with Gasteiger partial charge in [-0.15, -0.1) is 0 Å². The van der Waals surface area contributed by atoms with Gasteiger partial charge in [0.2, 0.25) is 0 Å². The van der Waals surface area contributed by atoms with Crippen LogP contribution in [0, 0.1) is 11.6 Å². The molecular formula is C23H28F2N2O2S. The predicted octanol–water partition coefficient (Wildman–Crippen LogP) is 4.26. The molecule has 0 bridgehead atoms. The Kier molecular flexibility index (Phi) is 6.11. The van der Waals surface area contributed by atoms with Gasteiger partial charge in [0.25, 0.3) is 0 Å². The lowest BCUT2D eigenvalue weighted by molar-refractivity contribution is 0.233. The standard InChI is InChI=1S/C23H28F2N2O2S/c24-19-8-9-22(21(25)18-19)27-16-14-26(15-17-27)13-5-12-23(10-4-11-23)30(28,29)20-6-2-1-3-7-20/h1-3,6-9,18H,4-5,10-17H2. The quantitative estimate of drug-likeness (QED) is 0.653. The van der Waals surface area contributed by atoms with E-state index in [1.807, 2.05) is 11.0 Å². The zero-order valence-corrected chi connectivity index (χ0v) is 17.9. The molecule has 0 atom stereocenters. The minimum absolute atomic E-state index is 0.430. The number of halogens is 2. The van der Waals surface area contributed by atoms with E-state index >= 15 is 0 Å². The highest BCUT2D eigenvalue weighted by molar-refractivity contribution is 7.93. The highest BCUT2D eigenvalue weighted by Gasteiger charge is 2.48. The summed E-state index contributed by atoms with van der Waals surface area (Å²) in [6.45, 7) is 3.77. The van der Waals surface area contributed by atoms with E-state index in [-0.39, 0.29) is 0 Å². The average Bonchev–Trinajstić information content (AvgIpc) is 2.71. The minimum Gasteiger partial charge on any atom is -0.367 e. The van der Waals surface area contributed by atoms with Crippen LogP contribution in [0.2, 0.25) is 0 Å². The van der Waals surface area contributed by atoms with E-state index in [2.05, 4.69) is 4.90 Å². The maximum absolute atomic E-state index is 14.0. The van der Waals surface area contributed by atoms with Crippen molar-refractivity contribution in [2.24, 2.45) is 0 Å². The summed E-state index contributed by atoms with van der Waals surface area (Å²) in [7, 11) is -3.32. The van der Waals surface area contributed by atoms with E-state index in [9.17, 15) is 17.2 Å². The van der Waals surface area contributed by atoms with Gasteiger partial charge in [-0.05, 0) is 56.5 Å². The molecule has 162 valence electrons. The molecule has 2 fully saturated rings.